The van der Waals surface area contributed by atoms with Gasteiger partial charge in [0.2, 0.25) is 0 Å². The van der Waals surface area contributed by atoms with E-state index in [0.717, 1.165) is 0 Å². The van der Waals surface area contributed by atoms with Crippen molar-refractivity contribution in [3.63, 3.8) is 0 Å². The van der Waals surface area contributed by atoms with Crippen molar-refractivity contribution in [2.45, 2.75) is 20.0 Å². The molecule has 19 heavy (non-hydrogen) atoms. The SMILES string of the molecule is COc1ccccc1OCC(=O)NCCOC(C)C. The summed E-state index contributed by atoms with van der Waals surface area (Å²) in [6, 6.07) is 7.21. The predicted molar refractivity (Wildman–Crippen MR) is 72.6 cm³/mol. The van der Waals surface area contributed by atoms with Crippen molar-refractivity contribution in [1.82, 2.24) is 5.32 Å². The van der Waals surface area contributed by atoms with Gasteiger partial charge in [-0.2, -0.15) is 0 Å². The van der Waals surface area contributed by atoms with Gasteiger partial charge < -0.3 is 19.5 Å². The minimum absolute atomic E-state index is 0.0396. The number of para-hydroxylation sites is 2. The first-order valence-corrected chi connectivity index (χ1v) is 6.27. The molecule has 0 radical (unpaired) electrons. The third kappa shape index (κ3) is 6.10. The lowest BCUT2D eigenvalue weighted by Crippen LogP contribution is -2.32. The number of ether oxygens (including phenoxy) is 3. The van der Waals surface area contributed by atoms with Gasteiger partial charge in [-0.1, -0.05) is 12.1 Å². The molecule has 0 aliphatic heterocycles. The molecule has 1 rings (SSSR count). The molecule has 5 nitrogen and oxygen atoms in total. The average molecular weight is 267 g/mol. The lowest BCUT2D eigenvalue weighted by atomic mass is 10.3. The van der Waals surface area contributed by atoms with E-state index in [9.17, 15) is 4.79 Å². The number of nitrogens with one attached hydrogen (secondary N) is 1. The van der Waals surface area contributed by atoms with Gasteiger partial charge in [0.25, 0.3) is 5.91 Å². The highest BCUT2D eigenvalue weighted by Gasteiger charge is 2.06. The zero-order chi connectivity index (χ0) is 14.1. The van der Waals surface area contributed by atoms with Gasteiger partial charge in [0.05, 0.1) is 19.8 Å². The van der Waals surface area contributed by atoms with Gasteiger partial charge in [0, 0.05) is 6.54 Å². The monoisotopic (exact) mass is 267 g/mol. The Hall–Kier alpha value is -1.75. The van der Waals surface area contributed by atoms with Gasteiger partial charge in [0.15, 0.2) is 18.1 Å². The number of carbonyl (C=O) groups is 1. The minimum atomic E-state index is -0.182. The van der Waals surface area contributed by atoms with Crippen molar-refractivity contribution < 1.29 is 19.0 Å². The first kappa shape index (κ1) is 15.3. The van der Waals surface area contributed by atoms with Gasteiger partial charge in [-0.3, -0.25) is 4.79 Å². The van der Waals surface area contributed by atoms with Crippen LogP contribution in [0.4, 0.5) is 0 Å². The number of rotatable bonds is 8. The fourth-order valence-electron chi connectivity index (χ4n) is 1.42. The Labute approximate surface area is 113 Å². The minimum Gasteiger partial charge on any atom is -0.493 e. The number of methoxy groups -OCH3 is 1. The molecule has 1 aromatic carbocycles. The Kier molecular flexibility index (Phi) is 6.74. The van der Waals surface area contributed by atoms with Gasteiger partial charge in [-0.15, -0.1) is 0 Å². The molecule has 0 fully saturated rings. The molecule has 0 saturated heterocycles. The highest BCUT2D eigenvalue weighted by Crippen LogP contribution is 2.25. The van der Waals surface area contributed by atoms with E-state index >= 15 is 0 Å². The molecule has 0 aliphatic rings. The van der Waals surface area contributed by atoms with E-state index in [1.807, 2.05) is 26.0 Å². The maximum atomic E-state index is 11.5. The van der Waals surface area contributed by atoms with Gasteiger partial charge in [-0.25, -0.2) is 0 Å². The van der Waals surface area contributed by atoms with E-state index in [4.69, 9.17) is 14.2 Å². The van der Waals surface area contributed by atoms with Crippen LogP contribution in [0.2, 0.25) is 0 Å². The van der Waals surface area contributed by atoms with Crippen LogP contribution in [0.3, 0.4) is 0 Å². The smallest absolute Gasteiger partial charge is 0.258 e. The average Bonchev–Trinajstić information content (AvgIpc) is 2.41. The molecule has 0 heterocycles. The maximum Gasteiger partial charge on any atom is 0.258 e. The molecule has 0 atom stereocenters. The van der Waals surface area contributed by atoms with Crippen LogP contribution in [0.1, 0.15) is 13.8 Å². The summed E-state index contributed by atoms with van der Waals surface area (Å²) in [5.41, 5.74) is 0. The molecular formula is C14H21NO4. The molecule has 0 aromatic heterocycles. The van der Waals surface area contributed by atoms with Gasteiger partial charge in [-0.05, 0) is 26.0 Å². The summed E-state index contributed by atoms with van der Waals surface area (Å²) in [5, 5.41) is 2.72. The Morgan fingerprint density at radius 2 is 1.95 bits per heavy atom. The second kappa shape index (κ2) is 8.37. The zero-order valence-electron chi connectivity index (χ0n) is 11.6. The number of amides is 1. The van der Waals surface area contributed by atoms with E-state index in [1.54, 1.807) is 19.2 Å². The number of hydrogen-bond donors (Lipinski definition) is 1. The predicted octanol–water partition coefficient (Wildman–Crippen LogP) is 1.62. The van der Waals surface area contributed by atoms with Gasteiger partial charge in [0.1, 0.15) is 0 Å². The van der Waals surface area contributed by atoms with Crippen LogP contribution in [0.15, 0.2) is 24.3 Å². The molecule has 0 bridgehead atoms. The third-order valence-corrected chi connectivity index (χ3v) is 2.30. The summed E-state index contributed by atoms with van der Waals surface area (Å²) in [7, 11) is 1.56. The summed E-state index contributed by atoms with van der Waals surface area (Å²) in [5.74, 6) is 0.982. The standard InChI is InChI=1S/C14H21NO4/c1-11(2)18-9-8-15-14(16)10-19-13-7-5-4-6-12(13)17-3/h4-7,11H,8-10H2,1-3H3,(H,15,16). The Balaban J connectivity index is 2.26. The molecule has 0 unspecified atom stereocenters. The maximum absolute atomic E-state index is 11.5. The van der Waals surface area contributed by atoms with E-state index in [-0.39, 0.29) is 18.6 Å². The van der Waals surface area contributed by atoms with Crippen molar-refractivity contribution in [2.24, 2.45) is 0 Å². The van der Waals surface area contributed by atoms with Crippen molar-refractivity contribution in [1.29, 1.82) is 0 Å². The highest BCUT2D eigenvalue weighted by atomic mass is 16.5. The van der Waals surface area contributed by atoms with E-state index in [0.29, 0.717) is 24.7 Å². The molecule has 0 aliphatic carbocycles. The van der Waals surface area contributed by atoms with Gasteiger partial charge >= 0.3 is 0 Å². The summed E-state index contributed by atoms with van der Waals surface area (Å²) < 4.78 is 15.8. The van der Waals surface area contributed by atoms with Crippen LogP contribution in [0.25, 0.3) is 0 Å². The topological polar surface area (TPSA) is 56.8 Å². The molecule has 0 spiro atoms. The molecular weight excluding hydrogens is 246 g/mol. The second-order valence-corrected chi connectivity index (χ2v) is 4.21. The number of hydrogen-bond acceptors (Lipinski definition) is 4. The van der Waals surface area contributed by atoms with Crippen LogP contribution in [0.5, 0.6) is 11.5 Å². The largest absolute Gasteiger partial charge is 0.493 e. The molecule has 5 heteroatoms. The quantitative estimate of drug-likeness (QED) is 0.727. The van der Waals surface area contributed by atoms with Crippen LogP contribution < -0.4 is 14.8 Å². The normalized spacial score (nSPS) is 10.3. The second-order valence-electron chi connectivity index (χ2n) is 4.21. The Bertz CT molecular complexity index is 393. The first-order valence-electron chi connectivity index (χ1n) is 6.27. The summed E-state index contributed by atoms with van der Waals surface area (Å²) in [4.78, 5) is 11.5. The van der Waals surface area contributed by atoms with Crippen LogP contribution in [0, 0.1) is 0 Å². The summed E-state index contributed by atoms with van der Waals surface area (Å²) >= 11 is 0. The van der Waals surface area contributed by atoms with Crippen molar-refractivity contribution in [2.75, 3.05) is 26.9 Å². The lowest BCUT2D eigenvalue weighted by Gasteiger charge is -2.11. The molecule has 106 valence electrons. The molecule has 1 N–H and O–H groups in total. The fraction of sp³-hybridized carbons (Fsp3) is 0.500. The third-order valence-electron chi connectivity index (χ3n) is 2.30. The molecule has 1 aromatic rings. The van der Waals surface area contributed by atoms with E-state index in [2.05, 4.69) is 5.32 Å². The van der Waals surface area contributed by atoms with Crippen LogP contribution >= 0.6 is 0 Å². The van der Waals surface area contributed by atoms with Crippen molar-refractivity contribution in [3.8, 4) is 11.5 Å². The molecule has 0 saturated carbocycles. The van der Waals surface area contributed by atoms with E-state index < -0.39 is 0 Å². The summed E-state index contributed by atoms with van der Waals surface area (Å²) in [6.07, 6.45) is 0.168. The summed E-state index contributed by atoms with van der Waals surface area (Å²) in [6.45, 7) is 4.84. The fourth-order valence-corrected chi connectivity index (χ4v) is 1.42. The number of carbonyl (C=O) groups excluding carboxylic acids is 1. The highest BCUT2D eigenvalue weighted by molar-refractivity contribution is 5.77. The Morgan fingerprint density at radius 1 is 1.26 bits per heavy atom. The Morgan fingerprint density at radius 3 is 2.58 bits per heavy atom. The zero-order valence-corrected chi connectivity index (χ0v) is 11.6. The number of benzene rings is 1. The van der Waals surface area contributed by atoms with Crippen molar-refractivity contribution in [3.05, 3.63) is 24.3 Å². The first-order chi connectivity index (χ1) is 9.13. The van der Waals surface area contributed by atoms with E-state index in [1.165, 1.54) is 0 Å². The lowest BCUT2D eigenvalue weighted by molar-refractivity contribution is -0.123. The van der Waals surface area contributed by atoms with Crippen LogP contribution in [-0.2, 0) is 9.53 Å². The van der Waals surface area contributed by atoms with Crippen LogP contribution in [-0.4, -0.2) is 38.9 Å². The van der Waals surface area contributed by atoms with Crippen molar-refractivity contribution >= 4 is 5.91 Å². The molecule has 1 amide bonds.